The molecule has 2 aromatic rings. The molecule has 7 nitrogen and oxygen atoms in total. The van der Waals surface area contributed by atoms with Gasteiger partial charge in [-0.1, -0.05) is 16.8 Å². The largest absolute Gasteiger partial charge is 0.493 e. The Balaban J connectivity index is 1.89. The summed E-state index contributed by atoms with van der Waals surface area (Å²) >= 11 is 6.23. The van der Waals surface area contributed by atoms with Crippen LogP contribution in [0.4, 0.5) is 0 Å². The molecule has 1 aromatic heterocycles. The molecule has 0 radical (unpaired) electrons. The van der Waals surface area contributed by atoms with Gasteiger partial charge in [0, 0.05) is 18.7 Å². The summed E-state index contributed by atoms with van der Waals surface area (Å²) in [6.07, 6.45) is -0.129. The third-order valence-corrected chi connectivity index (χ3v) is 4.13. The Hall–Kier alpha value is -1.83. The number of halogens is 1. The quantitative estimate of drug-likeness (QED) is 0.837. The monoisotopic (exact) mass is 353 g/mol. The molecule has 0 amide bonds. The van der Waals surface area contributed by atoms with Gasteiger partial charge in [-0.15, -0.1) is 0 Å². The van der Waals surface area contributed by atoms with Crippen LogP contribution in [0.2, 0.25) is 5.02 Å². The highest BCUT2D eigenvalue weighted by Crippen LogP contribution is 2.38. The van der Waals surface area contributed by atoms with Gasteiger partial charge in [0.05, 0.1) is 25.3 Å². The summed E-state index contributed by atoms with van der Waals surface area (Å²) in [6, 6.07) is 3.48. The summed E-state index contributed by atoms with van der Waals surface area (Å²) in [7, 11) is 5.12. The van der Waals surface area contributed by atoms with E-state index in [0.29, 0.717) is 40.3 Å². The molecule has 0 unspecified atom stereocenters. The fourth-order valence-electron chi connectivity index (χ4n) is 2.83. The molecule has 8 heteroatoms. The first-order valence-electron chi connectivity index (χ1n) is 7.61. The van der Waals surface area contributed by atoms with Gasteiger partial charge in [0.15, 0.2) is 11.5 Å². The number of hydrogen-bond acceptors (Lipinski definition) is 7. The molecule has 0 N–H and O–H groups in total. The topological polar surface area (TPSA) is 69.9 Å². The van der Waals surface area contributed by atoms with E-state index in [1.807, 2.05) is 14.0 Å². The summed E-state index contributed by atoms with van der Waals surface area (Å²) in [5.41, 5.74) is 0.685. The average Bonchev–Trinajstić information content (AvgIpc) is 3.03. The van der Waals surface area contributed by atoms with Crippen LogP contribution in [0.3, 0.4) is 0 Å². The number of likely N-dealkylation sites (N-methyl/N-ethyl adjacent to an activating group) is 1. The second kappa shape index (κ2) is 6.96. The zero-order valence-electron chi connectivity index (χ0n) is 14.1. The number of methoxy groups -OCH3 is 2. The maximum absolute atomic E-state index is 6.23. The van der Waals surface area contributed by atoms with Crippen molar-refractivity contribution in [3.05, 3.63) is 23.0 Å². The van der Waals surface area contributed by atoms with Crippen molar-refractivity contribution >= 4 is 11.6 Å². The number of hydrogen-bond donors (Lipinski definition) is 0. The van der Waals surface area contributed by atoms with Gasteiger partial charge in [0.1, 0.15) is 6.10 Å². The smallest absolute Gasteiger partial charge is 0.257 e. The van der Waals surface area contributed by atoms with E-state index in [4.69, 9.17) is 30.3 Å². The highest BCUT2D eigenvalue weighted by atomic mass is 35.5. The molecular formula is C16H20ClN3O4. The zero-order valence-corrected chi connectivity index (χ0v) is 14.8. The Morgan fingerprint density at radius 1 is 1.25 bits per heavy atom. The van der Waals surface area contributed by atoms with Gasteiger partial charge in [-0.25, -0.2) is 0 Å². The minimum absolute atomic E-state index is 0.111. The number of aromatic nitrogens is 2. The average molecular weight is 354 g/mol. The van der Waals surface area contributed by atoms with Crippen molar-refractivity contribution in [1.82, 2.24) is 15.0 Å². The van der Waals surface area contributed by atoms with Crippen molar-refractivity contribution in [2.24, 2.45) is 0 Å². The van der Waals surface area contributed by atoms with Crippen LogP contribution >= 0.6 is 11.6 Å². The van der Waals surface area contributed by atoms with E-state index in [1.54, 1.807) is 19.2 Å². The number of benzene rings is 1. The highest BCUT2D eigenvalue weighted by molar-refractivity contribution is 6.32. The molecule has 1 aliphatic rings. The summed E-state index contributed by atoms with van der Waals surface area (Å²) in [5, 5.41) is 4.46. The van der Waals surface area contributed by atoms with E-state index in [2.05, 4.69) is 15.0 Å². The van der Waals surface area contributed by atoms with Crippen LogP contribution in [-0.4, -0.2) is 55.5 Å². The van der Waals surface area contributed by atoms with Crippen LogP contribution < -0.4 is 9.47 Å². The van der Waals surface area contributed by atoms with Gasteiger partial charge in [-0.3, -0.25) is 0 Å². The first kappa shape index (κ1) is 17.0. The van der Waals surface area contributed by atoms with E-state index < -0.39 is 0 Å². The van der Waals surface area contributed by atoms with Crippen LogP contribution in [0, 0.1) is 0 Å². The first-order valence-corrected chi connectivity index (χ1v) is 7.99. The van der Waals surface area contributed by atoms with Crippen LogP contribution in [0.25, 0.3) is 11.4 Å². The maximum Gasteiger partial charge on any atom is 0.257 e. The lowest BCUT2D eigenvalue weighted by Crippen LogP contribution is -2.40. The second-order valence-electron chi connectivity index (χ2n) is 5.81. The van der Waals surface area contributed by atoms with Crippen molar-refractivity contribution < 1.29 is 18.7 Å². The summed E-state index contributed by atoms with van der Waals surface area (Å²) < 4.78 is 21.8. The van der Waals surface area contributed by atoms with E-state index in [-0.39, 0.29) is 12.2 Å². The third kappa shape index (κ3) is 3.33. The van der Waals surface area contributed by atoms with Crippen LogP contribution in [0.1, 0.15) is 18.9 Å². The number of rotatable bonds is 4. The lowest BCUT2D eigenvalue weighted by atomic mass is 10.2. The van der Waals surface area contributed by atoms with Gasteiger partial charge in [-0.2, -0.15) is 4.98 Å². The highest BCUT2D eigenvalue weighted by Gasteiger charge is 2.29. The van der Waals surface area contributed by atoms with Crippen molar-refractivity contribution in [3.63, 3.8) is 0 Å². The van der Waals surface area contributed by atoms with E-state index in [0.717, 1.165) is 6.54 Å². The number of ether oxygens (including phenoxy) is 3. The lowest BCUT2D eigenvalue weighted by Gasteiger charge is -2.32. The fraction of sp³-hybridized carbons (Fsp3) is 0.500. The molecule has 0 aliphatic carbocycles. The summed E-state index contributed by atoms with van der Waals surface area (Å²) in [6.45, 7) is 3.61. The van der Waals surface area contributed by atoms with E-state index >= 15 is 0 Å². The second-order valence-corrected chi connectivity index (χ2v) is 6.21. The van der Waals surface area contributed by atoms with Crippen molar-refractivity contribution in [2.75, 3.05) is 34.4 Å². The van der Waals surface area contributed by atoms with Gasteiger partial charge in [0.25, 0.3) is 5.89 Å². The van der Waals surface area contributed by atoms with Gasteiger partial charge < -0.3 is 23.6 Å². The van der Waals surface area contributed by atoms with Gasteiger partial charge in [-0.05, 0) is 26.1 Å². The van der Waals surface area contributed by atoms with Crippen molar-refractivity contribution in [3.8, 4) is 22.9 Å². The molecule has 1 saturated heterocycles. The maximum atomic E-state index is 6.23. The molecule has 2 atom stereocenters. The Morgan fingerprint density at radius 2 is 2.04 bits per heavy atom. The van der Waals surface area contributed by atoms with Crippen molar-refractivity contribution in [1.29, 1.82) is 0 Å². The Labute approximate surface area is 145 Å². The van der Waals surface area contributed by atoms with E-state index in [1.165, 1.54) is 7.11 Å². The lowest BCUT2D eigenvalue weighted by molar-refractivity contribution is -0.0838. The molecule has 0 bridgehead atoms. The molecule has 1 aliphatic heterocycles. The van der Waals surface area contributed by atoms with Crippen LogP contribution in [-0.2, 0) is 4.74 Å². The minimum atomic E-state index is -0.240. The Bertz CT molecular complexity index is 711. The molecule has 0 saturated carbocycles. The number of nitrogens with zero attached hydrogens (tertiary/aromatic N) is 3. The van der Waals surface area contributed by atoms with Gasteiger partial charge in [0.2, 0.25) is 5.82 Å². The standard InChI is InChI=1S/C16H20ClN3O4/c1-9-7-20(2)8-13(23-9)16-18-15(19-24-16)10-5-11(17)14(22-4)12(6-10)21-3/h5-6,9,13H,7-8H2,1-4H3/t9-,13-/m1/s1. The normalized spacial score (nSPS) is 21.7. The third-order valence-electron chi connectivity index (χ3n) is 3.85. The molecule has 24 heavy (non-hydrogen) atoms. The number of morpholine rings is 1. The molecule has 0 spiro atoms. The molecule has 1 aromatic carbocycles. The van der Waals surface area contributed by atoms with Crippen LogP contribution in [0.15, 0.2) is 16.7 Å². The Morgan fingerprint density at radius 3 is 2.71 bits per heavy atom. The molecule has 130 valence electrons. The fourth-order valence-corrected chi connectivity index (χ4v) is 3.12. The van der Waals surface area contributed by atoms with Gasteiger partial charge >= 0.3 is 0 Å². The molecule has 2 heterocycles. The Kier molecular flexibility index (Phi) is 4.93. The SMILES string of the molecule is COc1cc(-c2noc([C@H]3CN(C)C[C@@H](C)O3)n2)cc(Cl)c1OC. The van der Waals surface area contributed by atoms with Crippen LogP contribution in [0.5, 0.6) is 11.5 Å². The predicted molar refractivity (Wildman–Crippen MR) is 88.6 cm³/mol. The van der Waals surface area contributed by atoms with Crippen molar-refractivity contribution in [2.45, 2.75) is 19.1 Å². The minimum Gasteiger partial charge on any atom is -0.493 e. The molecule has 1 fully saturated rings. The van der Waals surface area contributed by atoms with E-state index in [9.17, 15) is 0 Å². The zero-order chi connectivity index (χ0) is 17.3. The predicted octanol–water partition coefficient (Wildman–Crippen LogP) is 2.80. The molecular weight excluding hydrogens is 334 g/mol. The summed E-state index contributed by atoms with van der Waals surface area (Å²) in [4.78, 5) is 6.64. The summed E-state index contributed by atoms with van der Waals surface area (Å²) in [5.74, 6) is 1.86. The molecule has 3 rings (SSSR count). The first-order chi connectivity index (χ1) is 11.5.